The van der Waals surface area contributed by atoms with Crippen LogP contribution in [-0.2, 0) is 14.3 Å². The highest BCUT2D eigenvalue weighted by Crippen LogP contribution is 2.29. The second kappa shape index (κ2) is 15.6. The van der Waals surface area contributed by atoms with Gasteiger partial charge in [0.05, 0.1) is 0 Å². The fraction of sp³-hybridized carbons (Fsp3) is 0.645. The molecule has 38 heavy (non-hydrogen) atoms. The van der Waals surface area contributed by atoms with Gasteiger partial charge in [-0.2, -0.15) is 0 Å². The predicted molar refractivity (Wildman–Crippen MR) is 156 cm³/mol. The van der Waals surface area contributed by atoms with Crippen LogP contribution in [0.2, 0.25) is 0 Å². The fourth-order valence-electron chi connectivity index (χ4n) is 4.20. The molecule has 0 aliphatic rings. The molecule has 0 bridgehead atoms. The molecule has 0 saturated carbocycles. The minimum absolute atomic E-state index is 0.224. The molecule has 0 heterocycles. The van der Waals surface area contributed by atoms with Gasteiger partial charge in [-0.15, -0.1) is 0 Å². The maximum absolute atomic E-state index is 14.3. The molecular weight excluding hydrogens is 478 g/mol. The van der Waals surface area contributed by atoms with Crippen molar-refractivity contribution >= 4 is 24.0 Å². The van der Waals surface area contributed by atoms with Crippen LogP contribution in [0.1, 0.15) is 105 Å². The van der Waals surface area contributed by atoms with Crippen LogP contribution in [0.3, 0.4) is 0 Å². The Morgan fingerprint density at radius 1 is 1.08 bits per heavy atom. The zero-order chi connectivity index (χ0) is 29.0. The summed E-state index contributed by atoms with van der Waals surface area (Å²) in [5, 5.41) is 5.84. The molecule has 0 aliphatic carbocycles. The van der Waals surface area contributed by atoms with E-state index < -0.39 is 23.8 Å². The summed E-state index contributed by atoms with van der Waals surface area (Å²) in [7, 11) is 0. The summed E-state index contributed by atoms with van der Waals surface area (Å²) >= 11 is 0. The van der Waals surface area contributed by atoms with Gasteiger partial charge in [-0.25, -0.2) is 4.79 Å². The summed E-state index contributed by atoms with van der Waals surface area (Å²) < 4.78 is 5.46. The average Bonchev–Trinajstić information content (AvgIpc) is 2.82. The van der Waals surface area contributed by atoms with Gasteiger partial charge in [0.25, 0.3) is 0 Å². The second-order valence-electron chi connectivity index (χ2n) is 11.9. The summed E-state index contributed by atoms with van der Waals surface area (Å²) in [6.07, 6.45) is 4.48. The molecule has 0 aromatic heterocycles. The molecule has 3 unspecified atom stereocenters. The number of benzene rings is 1. The summed E-state index contributed by atoms with van der Waals surface area (Å²) in [6.45, 7) is 21.8. The Kier molecular flexibility index (Phi) is 13.6. The van der Waals surface area contributed by atoms with Crippen LogP contribution < -0.4 is 10.6 Å². The van der Waals surface area contributed by atoms with E-state index in [1.165, 1.54) is 0 Å². The van der Waals surface area contributed by atoms with E-state index in [2.05, 4.69) is 38.0 Å². The standard InChI is InChI=1S/C31H51N3O4/c1-11-13-19-32-28(35)27(25-16-14-15-24(12-2)20-25)34(23(7)18-17-21(3)4)29(36)26(22(5)6)33-30(37)38-31(8,9)10/h12,14-16,20-23,26-27H,2,11,13,17-19H2,1,3-10H3,(H,32,35)(H,33,37). The van der Waals surface area contributed by atoms with Crippen LogP contribution in [0.5, 0.6) is 0 Å². The summed E-state index contributed by atoms with van der Waals surface area (Å²) in [5.74, 6) is -0.319. The number of ether oxygens (including phenoxy) is 1. The molecule has 1 aromatic rings. The number of rotatable bonds is 14. The quantitative estimate of drug-likeness (QED) is 0.270. The van der Waals surface area contributed by atoms with Crippen LogP contribution >= 0.6 is 0 Å². The topological polar surface area (TPSA) is 87.7 Å². The second-order valence-corrected chi connectivity index (χ2v) is 11.9. The van der Waals surface area contributed by atoms with Gasteiger partial charge in [-0.05, 0) is 76.0 Å². The van der Waals surface area contributed by atoms with Gasteiger partial charge < -0.3 is 20.3 Å². The zero-order valence-electron chi connectivity index (χ0n) is 25.1. The van der Waals surface area contributed by atoms with E-state index in [1.54, 1.807) is 31.7 Å². The van der Waals surface area contributed by atoms with Crippen LogP contribution in [-0.4, -0.2) is 47.0 Å². The Balaban J connectivity index is 3.61. The Hall–Kier alpha value is -2.83. The number of hydrogen-bond acceptors (Lipinski definition) is 4. The lowest BCUT2D eigenvalue weighted by Gasteiger charge is -2.39. The largest absolute Gasteiger partial charge is 0.444 e. The third-order valence-corrected chi connectivity index (χ3v) is 6.31. The van der Waals surface area contributed by atoms with Gasteiger partial charge in [0.1, 0.15) is 17.7 Å². The van der Waals surface area contributed by atoms with Crippen molar-refractivity contribution in [2.75, 3.05) is 6.54 Å². The van der Waals surface area contributed by atoms with Gasteiger partial charge >= 0.3 is 6.09 Å². The number of hydrogen-bond donors (Lipinski definition) is 2. The first-order valence-electron chi connectivity index (χ1n) is 14.0. The van der Waals surface area contributed by atoms with Gasteiger partial charge in [0, 0.05) is 12.6 Å². The Morgan fingerprint density at radius 2 is 1.74 bits per heavy atom. The van der Waals surface area contributed by atoms with E-state index in [1.807, 2.05) is 45.0 Å². The molecule has 7 nitrogen and oxygen atoms in total. The predicted octanol–water partition coefficient (Wildman–Crippen LogP) is 6.49. The Morgan fingerprint density at radius 3 is 2.26 bits per heavy atom. The molecule has 0 saturated heterocycles. The Labute approximate surface area is 230 Å². The molecule has 1 aromatic carbocycles. The molecule has 214 valence electrons. The summed E-state index contributed by atoms with van der Waals surface area (Å²) in [4.78, 5) is 42.5. The van der Waals surface area contributed by atoms with Gasteiger partial charge in [0.15, 0.2) is 0 Å². The van der Waals surface area contributed by atoms with Crippen molar-refractivity contribution in [3.05, 3.63) is 42.0 Å². The molecule has 3 atom stereocenters. The number of nitrogens with zero attached hydrogens (tertiary/aromatic N) is 1. The molecule has 0 spiro atoms. The normalized spacial score (nSPS) is 14.0. The first-order valence-corrected chi connectivity index (χ1v) is 14.0. The molecule has 7 heteroatoms. The van der Waals surface area contributed by atoms with E-state index in [9.17, 15) is 14.4 Å². The van der Waals surface area contributed by atoms with Crippen molar-refractivity contribution in [2.24, 2.45) is 11.8 Å². The molecule has 0 fully saturated rings. The monoisotopic (exact) mass is 529 g/mol. The number of nitrogens with one attached hydrogen (secondary N) is 2. The molecule has 1 rings (SSSR count). The minimum Gasteiger partial charge on any atom is -0.444 e. The van der Waals surface area contributed by atoms with Crippen molar-refractivity contribution in [3.63, 3.8) is 0 Å². The smallest absolute Gasteiger partial charge is 0.408 e. The Bertz CT molecular complexity index is 920. The maximum atomic E-state index is 14.3. The first-order chi connectivity index (χ1) is 17.7. The first kappa shape index (κ1) is 33.2. The van der Waals surface area contributed by atoms with E-state index in [4.69, 9.17) is 4.74 Å². The third kappa shape index (κ3) is 10.9. The molecule has 0 radical (unpaired) electrons. The van der Waals surface area contributed by atoms with E-state index in [-0.39, 0.29) is 23.8 Å². The maximum Gasteiger partial charge on any atom is 0.408 e. The average molecular weight is 530 g/mol. The van der Waals surface area contributed by atoms with E-state index in [0.29, 0.717) is 18.0 Å². The van der Waals surface area contributed by atoms with Crippen molar-refractivity contribution in [1.29, 1.82) is 0 Å². The van der Waals surface area contributed by atoms with Crippen LogP contribution in [0.4, 0.5) is 4.79 Å². The zero-order valence-corrected chi connectivity index (χ0v) is 25.1. The number of carbonyl (C=O) groups is 3. The highest BCUT2D eigenvalue weighted by atomic mass is 16.6. The van der Waals surface area contributed by atoms with Crippen molar-refractivity contribution in [3.8, 4) is 0 Å². The lowest BCUT2D eigenvalue weighted by molar-refractivity contribution is -0.146. The number of amides is 3. The summed E-state index contributed by atoms with van der Waals surface area (Å²) in [5.41, 5.74) is 0.871. The molecular formula is C31H51N3O4. The third-order valence-electron chi connectivity index (χ3n) is 6.31. The number of carbonyl (C=O) groups excluding carboxylic acids is 3. The fourth-order valence-corrected chi connectivity index (χ4v) is 4.20. The van der Waals surface area contributed by atoms with Crippen molar-refractivity contribution in [1.82, 2.24) is 15.5 Å². The lowest BCUT2D eigenvalue weighted by atomic mass is 9.94. The van der Waals surface area contributed by atoms with Crippen LogP contribution in [0.25, 0.3) is 6.08 Å². The van der Waals surface area contributed by atoms with Crippen molar-refractivity contribution < 1.29 is 19.1 Å². The van der Waals surface area contributed by atoms with E-state index >= 15 is 0 Å². The van der Waals surface area contributed by atoms with Crippen LogP contribution in [0.15, 0.2) is 30.8 Å². The molecule has 0 aliphatic heterocycles. The highest BCUT2D eigenvalue weighted by molar-refractivity contribution is 5.92. The van der Waals surface area contributed by atoms with Crippen molar-refractivity contribution in [2.45, 2.75) is 112 Å². The van der Waals surface area contributed by atoms with Gasteiger partial charge in [-0.1, -0.05) is 71.9 Å². The molecule has 2 N–H and O–H groups in total. The van der Waals surface area contributed by atoms with E-state index in [0.717, 1.165) is 31.2 Å². The highest BCUT2D eigenvalue weighted by Gasteiger charge is 2.39. The summed E-state index contributed by atoms with van der Waals surface area (Å²) in [6, 6.07) is 5.59. The number of unbranched alkanes of at least 4 members (excludes halogenated alkanes) is 1. The number of alkyl carbamates (subject to hydrolysis) is 1. The minimum atomic E-state index is -0.861. The van der Waals surface area contributed by atoms with Gasteiger partial charge in [-0.3, -0.25) is 9.59 Å². The van der Waals surface area contributed by atoms with Gasteiger partial charge in [0.2, 0.25) is 11.8 Å². The van der Waals surface area contributed by atoms with Crippen LogP contribution in [0, 0.1) is 11.8 Å². The molecule has 3 amide bonds. The lowest BCUT2D eigenvalue weighted by Crippen LogP contribution is -2.57. The SMILES string of the molecule is C=Cc1cccc(C(C(=O)NCCCC)N(C(=O)C(NC(=O)OC(C)(C)C)C(C)C)C(C)CCC(C)C)c1.